The Bertz CT molecular complexity index is 1060. The monoisotopic (exact) mass is 446 g/mol. The van der Waals surface area contributed by atoms with Crippen molar-refractivity contribution >= 4 is 40.6 Å². The summed E-state index contributed by atoms with van der Waals surface area (Å²) in [6, 6.07) is 7.06. The highest BCUT2D eigenvalue weighted by molar-refractivity contribution is 7.15. The zero-order valence-electron chi connectivity index (χ0n) is 16.2. The van der Waals surface area contributed by atoms with Crippen LogP contribution in [-0.2, 0) is 4.79 Å². The summed E-state index contributed by atoms with van der Waals surface area (Å²) in [7, 11) is 0. The van der Waals surface area contributed by atoms with Crippen molar-refractivity contribution in [1.82, 2.24) is 15.0 Å². The SMILES string of the molecule is C[C@H](Nc1ncc(F)c(N2C(=O)CCC2CN)n1)c1cnc(-c2ccc(Cl)cc2)s1. The van der Waals surface area contributed by atoms with Crippen molar-refractivity contribution in [2.75, 3.05) is 16.8 Å². The van der Waals surface area contributed by atoms with E-state index in [1.165, 1.54) is 16.2 Å². The molecule has 10 heteroatoms. The van der Waals surface area contributed by atoms with Crippen LogP contribution < -0.4 is 16.0 Å². The quantitative estimate of drug-likeness (QED) is 0.593. The van der Waals surface area contributed by atoms with Crippen LogP contribution in [0, 0.1) is 5.82 Å². The van der Waals surface area contributed by atoms with E-state index in [-0.39, 0.29) is 36.3 Å². The van der Waals surface area contributed by atoms with Crippen molar-refractivity contribution in [2.24, 2.45) is 5.73 Å². The van der Waals surface area contributed by atoms with Crippen LogP contribution in [0.3, 0.4) is 0 Å². The Balaban J connectivity index is 1.53. The van der Waals surface area contributed by atoms with Gasteiger partial charge in [-0.05, 0) is 25.5 Å². The van der Waals surface area contributed by atoms with Crippen molar-refractivity contribution in [3.05, 3.63) is 52.4 Å². The molecule has 1 amide bonds. The van der Waals surface area contributed by atoms with Gasteiger partial charge in [0.05, 0.1) is 18.3 Å². The van der Waals surface area contributed by atoms with Crippen molar-refractivity contribution in [3.63, 3.8) is 0 Å². The number of aromatic nitrogens is 3. The number of hydrogen-bond donors (Lipinski definition) is 2. The number of nitrogens with one attached hydrogen (secondary N) is 1. The average Bonchev–Trinajstić information content (AvgIpc) is 3.37. The topological polar surface area (TPSA) is 97.0 Å². The average molecular weight is 447 g/mol. The maximum atomic E-state index is 14.4. The van der Waals surface area contributed by atoms with Crippen molar-refractivity contribution in [3.8, 4) is 10.6 Å². The minimum Gasteiger partial charge on any atom is -0.347 e. The van der Waals surface area contributed by atoms with Crippen molar-refractivity contribution in [1.29, 1.82) is 0 Å². The van der Waals surface area contributed by atoms with Crippen LogP contribution in [0.15, 0.2) is 36.7 Å². The fourth-order valence-electron chi connectivity index (χ4n) is 3.33. The smallest absolute Gasteiger partial charge is 0.228 e. The number of amides is 1. The van der Waals surface area contributed by atoms with Crippen molar-refractivity contribution < 1.29 is 9.18 Å². The van der Waals surface area contributed by atoms with Gasteiger partial charge in [-0.2, -0.15) is 4.98 Å². The third kappa shape index (κ3) is 4.14. The molecule has 1 saturated heterocycles. The second-order valence-electron chi connectivity index (χ2n) is 7.00. The molecule has 0 bridgehead atoms. The van der Waals surface area contributed by atoms with Gasteiger partial charge in [0.15, 0.2) is 11.6 Å². The number of nitrogens with zero attached hydrogens (tertiary/aromatic N) is 4. The van der Waals surface area contributed by atoms with Crippen LogP contribution >= 0.6 is 22.9 Å². The molecule has 1 unspecified atom stereocenters. The molecular formula is C20H20ClFN6OS. The Kier molecular flexibility index (Phi) is 5.94. The summed E-state index contributed by atoms with van der Waals surface area (Å²) < 4.78 is 14.4. The molecule has 156 valence electrons. The van der Waals surface area contributed by atoms with Crippen LogP contribution in [0.5, 0.6) is 0 Å². The van der Waals surface area contributed by atoms with Gasteiger partial charge in [0.25, 0.3) is 0 Å². The highest BCUT2D eigenvalue weighted by Crippen LogP contribution is 2.32. The lowest BCUT2D eigenvalue weighted by Crippen LogP contribution is -2.39. The molecule has 3 N–H and O–H groups in total. The number of rotatable bonds is 6. The van der Waals surface area contributed by atoms with Gasteiger partial charge in [0.1, 0.15) is 5.01 Å². The molecular weight excluding hydrogens is 427 g/mol. The highest BCUT2D eigenvalue weighted by atomic mass is 35.5. The lowest BCUT2D eigenvalue weighted by atomic mass is 10.2. The minimum absolute atomic E-state index is 0.0381. The molecule has 1 aliphatic rings. The molecule has 1 fully saturated rings. The summed E-state index contributed by atoms with van der Waals surface area (Å²) in [5.74, 6) is -0.638. The van der Waals surface area contributed by atoms with Crippen LogP contribution in [-0.4, -0.2) is 33.4 Å². The van der Waals surface area contributed by atoms with E-state index in [0.29, 0.717) is 17.9 Å². The lowest BCUT2D eigenvalue weighted by Gasteiger charge is -2.23. The van der Waals surface area contributed by atoms with Crippen LogP contribution in [0.1, 0.15) is 30.7 Å². The second-order valence-corrected chi connectivity index (χ2v) is 8.50. The molecule has 1 aliphatic heterocycles. The van der Waals surface area contributed by atoms with Gasteiger partial charge in [-0.3, -0.25) is 9.69 Å². The first-order chi connectivity index (χ1) is 14.5. The summed E-state index contributed by atoms with van der Waals surface area (Å²) in [5, 5.41) is 4.70. The Hall–Kier alpha value is -2.62. The van der Waals surface area contributed by atoms with Crippen LogP contribution in [0.25, 0.3) is 10.6 Å². The number of benzene rings is 1. The van der Waals surface area contributed by atoms with E-state index in [0.717, 1.165) is 21.6 Å². The third-order valence-electron chi connectivity index (χ3n) is 4.94. The predicted octanol–water partition coefficient (Wildman–Crippen LogP) is 4.02. The standard InChI is InChI=1S/C20H20ClFN6OS/c1-11(16-10-24-19(30-16)12-2-4-13(21)5-3-12)26-20-25-9-15(22)18(27-20)28-14(8-23)6-7-17(28)29/h2-5,9-11,14H,6-8,23H2,1H3,(H,25,26,27)/t11-,14?/m0/s1. The van der Waals surface area contributed by atoms with E-state index in [2.05, 4.69) is 20.3 Å². The summed E-state index contributed by atoms with van der Waals surface area (Å²) in [6.07, 6.45) is 3.78. The summed E-state index contributed by atoms with van der Waals surface area (Å²) in [5.41, 5.74) is 6.71. The minimum atomic E-state index is -0.648. The van der Waals surface area contributed by atoms with Crippen LogP contribution in [0.4, 0.5) is 16.2 Å². The molecule has 7 nitrogen and oxygen atoms in total. The number of anilines is 2. The van der Waals surface area contributed by atoms with Gasteiger partial charge in [-0.25, -0.2) is 14.4 Å². The zero-order valence-corrected chi connectivity index (χ0v) is 17.8. The Labute approximate surface area is 182 Å². The molecule has 0 saturated carbocycles. The van der Waals surface area contributed by atoms with E-state index < -0.39 is 5.82 Å². The van der Waals surface area contributed by atoms with Gasteiger partial charge in [0.2, 0.25) is 11.9 Å². The van der Waals surface area contributed by atoms with E-state index >= 15 is 0 Å². The van der Waals surface area contributed by atoms with Crippen molar-refractivity contribution in [2.45, 2.75) is 31.8 Å². The van der Waals surface area contributed by atoms with Crippen LogP contribution in [0.2, 0.25) is 5.02 Å². The normalized spacial score (nSPS) is 17.4. The molecule has 0 radical (unpaired) electrons. The third-order valence-corrected chi connectivity index (χ3v) is 6.42. The van der Waals surface area contributed by atoms with E-state index in [1.54, 1.807) is 6.20 Å². The number of carbonyl (C=O) groups excluding carboxylic acids is 1. The van der Waals surface area contributed by atoms with Gasteiger partial charge >= 0.3 is 0 Å². The number of carbonyl (C=O) groups is 1. The van der Waals surface area contributed by atoms with Gasteiger partial charge in [-0.15, -0.1) is 11.3 Å². The first kappa shape index (κ1) is 20.6. The first-order valence-electron chi connectivity index (χ1n) is 9.49. The summed E-state index contributed by atoms with van der Waals surface area (Å²) in [6.45, 7) is 2.19. The number of hydrogen-bond acceptors (Lipinski definition) is 7. The molecule has 3 aromatic rings. The summed E-state index contributed by atoms with van der Waals surface area (Å²) in [4.78, 5) is 27.3. The maximum absolute atomic E-state index is 14.4. The van der Waals surface area contributed by atoms with E-state index in [9.17, 15) is 9.18 Å². The lowest BCUT2D eigenvalue weighted by molar-refractivity contribution is -0.117. The van der Waals surface area contributed by atoms with E-state index in [4.69, 9.17) is 17.3 Å². The number of nitrogens with two attached hydrogens (primary N) is 1. The molecule has 2 atom stereocenters. The van der Waals surface area contributed by atoms with E-state index in [1.807, 2.05) is 31.2 Å². The number of halogens is 2. The Morgan fingerprint density at radius 2 is 2.10 bits per heavy atom. The van der Waals surface area contributed by atoms with Gasteiger partial charge < -0.3 is 11.1 Å². The largest absolute Gasteiger partial charge is 0.347 e. The number of thiazole rings is 1. The fraction of sp³-hybridized carbons (Fsp3) is 0.300. The van der Waals surface area contributed by atoms with Gasteiger partial charge in [0, 0.05) is 34.6 Å². The molecule has 1 aromatic carbocycles. The Morgan fingerprint density at radius 3 is 2.83 bits per heavy atom. The summed E-state index contributed by atoms with van der Waals surface area (Å²) >= 11 is 7.47. The molecule has 0 aliphatic carbocycles. The molecule has 0 spiro atoms. The molecule has 2 aromatic heterocycles. The fourth-order valence-corrected chi connectivity index (χ4v) is 4.38. The highest BCUT2D eigenvalue weighted by Gasteiger charge is 2.34. The molecule has 3 heterocycles. The zero-order chi connectivity index (χ0) is 21.3. The molecule has 4 rings (SSSR count). The maximum Gasteiger partial charge on any atom is 0.228 e. The Morgan fingerprint density at radius 1 is 1.33 bits per heavy atom. The first-order valence-corrected chi connectivity index (χ1v) is 10.7. The molecule has 30 heavy (non-hydrogen) atoms. The predicted molar refractivity (Wildman–Crippen MR) is 116 cm³/mol. The second kappa shape index (κ2) is 8.63. The van der Waals surface area contributed by atoms with Gasteiger partial charge in [-0.1, -0.05) is 23.7 Å².